The highest BCUT2D eigenvalue weighted by atomic mass is 32.2. The maximum Gasteiger partial charge on any atom is 0.214 e. The topological polar surface area (TPSA) is 54.5 Å². The third-order valence-corrected chi connectivity index (χ3v) is 7.66. The van der Waals surface area contributed by atoms with E-state index in [0.717, 1.165) is 6.42 Å². The molecule has 1 saturated carbocycles. The summed E-state index contributed by atoms with van der Waals surface area (Å²) < 4.78 is 38.0. The Hall–Kier alpha value is 0.0600. The molecule has 0 aromatic carbocycles. The van der Waals surface area contributed by atoms with Crippen LogP contribution >= 0.6 is 0 Å². The van der Waals surface area contributed by atoms with Crippen LogP contribution in [0.15, 0.2) is 0 Å². The van der Waals surface area contributed by atoms with Crippen LogP contribution < -0.4 is 0 Å². The van der Waals surface area contributed by atoms with Crippen molar-refractivity contribution in [2.45, 2.75) is 39.0 Å². The number of hydrogen-bond acceptors (Lipinski definition) is 3. The van der Waals surface area contributed by atoms with Gasteiger partial charge in [0.15, 0.2) is 0 Å². The van der Waals surface area contributed by atoms with Crippen molar-refractivity contribution in [3.05, 3.63) is 0 Å². The molecule has 2 rings (SSSR count). The fourth-order valence-corrected chi connectivity index (χ4v) is 6.28. The zero-order valence-corrected chi connectivity index (χ0v) is 13.3. The van der Waals surface area contributed by atoms with Crippen molar-refractivity contribution in [1.82, 2.24) is 4.31 Å². The molecule has 6 heteroatoms. The predicted octanol–water partition coefficient (Wildman–Crippen LogP) is 1.60. The molecule has 2 aliphatic rings. The quantitative estimate of drug-likeness (QED) is 0.792. The van der Waals surface area contributed by atoms with E-state index in [0.29, 0.717) is 30.5 Å². The van der Waals surface area contributed by atoms with Gasteiger partial charge in [0.2, 0.25) is 10.0 Å². The second-order valence-electron chi connectivity index (χ2n) is 6.03. The second kappa shape index (κ2) is 6.68. The van der Waals surface area contributed by atoms with Gasteiger partial charge in [-0.05, 0) is 18.3 Å². The van der Waals surface area contributed by atoms with E-state index in [-0.39, 0.29) is 11.7 Å². The smallest absolute Gasteiger partial charge is 0.214 e. The number of nitrogens with zero attached hydrogens (tertiary/aromatic N) is 1. The highest BCUT2D eigenvalue weighted by molar-refractivity contribution is 7.89. The van der Waals surface area contributed by atoms with Crippen LogP contribution in [0.4, 0.5) is 0 Å². The molecular formula is C13H25NO3S2. The Bertz CT molecular complexity index is 416. The monoisotopic (exact) mass is 307 g/mol. The summed E-state index contributed by atoms with van der Waals surface area (Å²) in [6, 6.07) is 0. The predicted molar refractivity (Wildman–Crippen MR) is 79.0 cm³/mol. The Morgan fingerprint density at radius 3 is 2.63 bits per heavy atom. The standard InChI is InChI=1S/C13H25NO3S2/c1-12-10-14(7-8-18(15)11-12)19(16,17)9-6-13-4-2-3-5-13/h12-13H,2-11H2,1H3. The van der Waals surface area contributed by atoms with Gasteiger partial charge in [-0.15, -0.1) is 0 Å². The lowest BCUT2D eigenvalue weighted by atomic mass is 10.1. The molecule has 19 heavy (non-hydrogen) atoms. The van der Waals surface area contributed by atoms with Gasteiger partial charge in [-0.3, -0.25) is 4.21 Å². The first-order valence-corrected chi connectivity index (χ1v) is 10.4. The SMILES string of the molecule is CC1CN(S(=O)(=O)CCC2CCCC2)CCS(=O)C1. The van der Waals surface area contributed by atoms with Gasteiger partial charge >= 0.3 is 0 Å². The molecule has 2 unspecified atom stereocenters. The van der Waals surface area contributed by atoms with E-state index < -0.39 is 20.8 Å². The summed E-state index contributed by atoms with van der Waals surface area (Å²) in [5, 5.41) is 0. The van der Waals surface area contributed by atoms with Crippen LogP contribution in [0.2, 0.25) is 0 Å². The minimum Gasteiger partial charge on any atom is -0.260 e. The van der Waals surface area contributed by atoms with Crippen molar-refractivity contribution in [2.75, 3.05) is 30.3 Å². The fraction of sp³-hybridized carbons (Fsp3) is 1.00. The van der Waals surface area contributed by atoms with Crippen molar-refractivity contribution in [1.29, 1.82) is 0 Å². The first kappa shape index (κ1) is 15.4. The van der Waals surface area contributed by atoms with Crippen molar-refractivity contribution in [2.24, 2.45) is 11.8 Å². The van der Waals surface area contributed by atoms with Gasteiger partial charge < -0.3 is 0 Å². The molecule has 1 heterocycles. The minimum atomic E-state index is -3.15. The van der Waals surface area contributed by atoms with Crippen LogP contribution in [0.1, 0.15) is 39.0 Å². The molecule has 0 spiro atoms. The van der Waals surface area contributed by atoms with Crippen LogP contribution in [0.3, 0.4) is 0 Å². The van der Waals surface area contributed by atoms with Crippen LogP contribution in [0.5, 0.6) is 0 Å². The zero-order valence-electron chi connectivity index (χ0n) is 11.7. The third kappa shape index (κ3) is 4.53. The van der Waals surface area contributed by atoms with Crippen molar-refractivity contribution >= 4 is 20.8 Å². The largest absolute Gasteiger partial charge is 0.260 e. The van der Waals surface area contributed by atoms with E-state index in [1.54, 1.807) is 4.31 Å². The van der Waals surface area contributed by atoms with E-state index >= 15 is 0 Å². The first-order chi connectivity index (χ1) is 8.97. The van der Waals surface area contributed by atoms with Gasteiger partial charge in [-0.1, -0.05) is 32.6 Å². The van der Waals surface area contributed by atoms with Gasteiger partial charge in [-0.2, -0.15) is 0 Å². The van der Waals surface area contributed by atoms with Gasteiger partial charge in [0.25, 0.3) is 0 Å². The molecule has 112 valence electrons. The number of sulfonamides is 1. The molecular weight excluding hydrogens is 282 g/mol. The van der Waals surface area contributed by atoms with Crippen LogP contribution in [-0.4, -0.2) is 47.3 Å². The number of rotatable bonds is 4. The fourth-order valence-electron chi connectivity index (χ4n) is 3.09. The Balaban J connectivity index is 1.91. The van der Waals surface area contributed by atoms with E-state index in [9.17, 15) is 12.6 Å². The van der Waals surface area contributed by atoms with E-state index in [1.807, 2.05) is 6.92 Å². The van der Waals surface area contributed by atoms with Crippen LogP contribution in [0, 0.1) is 11.8 Å². The molecule has 4 nitrogen and oxygen atoms in total. The molecule has 0 aromatic rings. The van der Waals surface area contributed by atoms with Crippen LogP contribution in [0.25, 0.3) is 0 Å². The summed E-state index contributed by atoms with van der Waals surface area (Å²) in [5.41, 5.74) is 0. The van der Waals surface area contributed by atoms with Crippen molar-refractivity contribution in [3.8, 4) is 0 Å². The van der Waals surface area contributed by atoms with Crippen molar-refractivity contribution in [3.63, 3.8) is 0 Å². The second-order valence-corrected chi connectivity index (χ2v) is 9.74. The first-order valence-electron chi connectivity index (χ1n) is 7.30. The summed E-state index contributed by atoms with van der Waals surface area (Å²) >= 11 is 0. The molecule has 0 amide bonds. The van der Waals surface area contributed by atoms with E-state index in [2.05, 4.69) is 0 Å². The highest BCUT2D eigenvalue weighted by Crippen LogP contribution is 2.28. The summed E-state index contributed by atoms with van der Waals surface area (Å²) in [5.74, 6) is 2.21. The Kier molecular flexibility index (Phi) is 5.43. The average Bonchev–Trinajstić information content (AvgIpc) is 2.78. The molecule has 1 aliphatic carbocycles. The lowest BCUT2D eigenvalue weighted by Gasteiger charge is -2.22. The lowest BCUT2D eigenvalue weighted by molar-refractivity contribution is 0.388. The lowest BCUT2D eigenvalue weighted by Crippen LogP contribution is -2.37. The third-order valence-electron chi connectivity index (χ3n) is 4.21. The van der Waals surface area contributed by atoms with E-state index in [1.165, 1.54) is 25.7 Å². The van der Waals surface area contributed by atoms with Gasteiger partial charge in [-0.25, -0.2) is 12.7 Å². The Labute approximate surface area is 119 Å². The molecule has 1 aliphatic heterocycles. The van der Waals surface area contributed by atoms with Gasteiger partial charge in [0, 0.05) is 35.4 Å². The maximum atomic E-state index is 12.4. The maximum absolute atomic E-state index is 12.4. The minimum absolute atomic E-state index is 0.199. The van der Waals surface area contributed by atoms with Gasteiger partial charge in [0.05, 0.1) is 5.75 Å². The zero-order chi connectivity index (χ0) is 13.9. The normalized spacial score (nSPS) is 31.4. The summed E-state index contributed by atoms with van der Waals surface area (Å²) in [6.45, 7) is 2.96. The molecule has 0 aromatic heterocycles. The highest BCUT2D eigenvalue weighted by Gasteiger charge is 2.28. The summed E-state index contributed by atoms with van der Waals surface area (Å²) in [7, 11) is -4.01. The van der Waals surface area contributed by atoms with Gasteiger partial charge in [0.1, 0.15) is 0 Å². The van der Waals surface area contributed by atoms with Crippen molar-refractivity contribution < 1.29 is 12.6 Å². The molecule has 0 N–H and O–H groups in total. The molecule has 1 saturated heterocycles. The average molecular weight is 307 g/mol. The Morgan fingerprint density at radius 1 is 1.26 bits per heavy atom. The Morgan fingerprint density at radius 2 is 1.95 bits per heavy atom. The molecule has 0 radical (unpaired) electrons. The van der Waals surface area contributed by atoms with E-state index in [4.69, 9.17) is 0 Å². The summed E-state index contributed by atoms with van der Waals surface area (Å²) in [4.78, 5) is 0. The molecule has 2 fully saturated rings. The molecule has 0 bridgehead atoms. The van der Waals surface area contributed by atoms with Crippen LogP contribution in [-0.2, 0) is 20.8 Å². The molecule has 2 atom stereocenters. The summed E-state index contributed by atoms with van der Waals surface area (Å²) in [6.07, 6.45) is 5.69. The number of hydrogen-bond donors (Lipinski definition) is 0.